The number of halogens is 3. The van der Waals surface area contributed by atoms with E-state index in [1.54, 1.807) is 12.1 Å². The zero-order valence-corrected chi connectivity index (χ0v) is 14.0. The number of hydrogen-bond acceptors (Lipinski definition) is 4. The molecule has 136 valence electrons. The van der Waals surface area contributed by atoms with E-state index in [0.717, 1.165) is 56.1 Å². The molecule has 0 saturated carbocycles. The van der Waals surface area contributed by atoms with Crippen molar-refractivity contribution in [2.75, 3.05) is 26.2 Å². The van der Waals surface area contributed by atoms with Crippen LogP contribution in [0.4, 0.5) is 18.9 Å². The van der Waals surface area contributed by atoms with Crippen LogP contribution in [0.2, 0.25) is 0 Å². The van der Waals surface area contributed by atoms with Crippen LogP contribution < -0.4 is 10.1 Å². The summed E-state index contributed by atoms with van der Waals surface area (Å²) in [4.78, 5) is 6.85. The highest BCUT2D eigenvalue weighted by Crippen LogP contribution is 2.41. The smallest absolute Gasteiger partial charge is 0.416 e. The van der Waals surface area contributed by atoms with Gasteiger partial charge in [0, 0.05) is 19.6 Å². The Morgan fingerprint density at radius 1 is 1.00 bits per heavy atom. The molecule has 0 atom stereocenters. The van der Waals surface area contributed by atoms with E-state index < -0.39 is 11.7 Å². The zero-order chi connectivity index (χ0) is 18.1. The molecule has 4 rings (SSSR count). The minimum atomic E-state index is -4.42. The molecule has 2 heterocycles. The van der Waals surface area contributed by atoms with Crippen LogP contribution in [0, 0.1) is 0 Å². The molecule has 0 spiro atoms. The fraction of sp³-hybridized carbons (Fsp3) is 0.316. The van der Waals surface area contributed by atoms with E-state index in [4.69, 9.17) is 9.73 Å². The predicted molar refractivity (Wildman–Crippen MR) is 93.2 cm³/mol. The number of para-hydroxylation sites is 1. The number of alkyl halides is 3. The van der Waals surface area contributed by atoms with Crippen LogP contribution in [0.5, 0.6) is 11.5 Å². The van der Waals surface area contributed by atoms with E-state index in [-0.39, 0.29) is 5.75 Å². The van der Waals surface area contributed by atoms with Gasteiger partial charge in [0.25, 0.3) is 0 Å². The van der Waals surface area contributed by atoms with E-state index in [2.05, 4.69) is 10.2 Å². The first-order valence-electron chi connectivity index (χ1n) is 8.55. The van der Waals surface area contributed by atoms with Crippen molar-refractivity contribution in [2.24, 2.45) is 4.99 Å². The number of amidine groups is 1. The second-order valence-corrected chi connectivity index (χ2v) is 6.30. The molecule has 1 saturated heterocycles. The lowest BCUT2D eigenvalue weighted by Crippen LogP contribution is -2.34. The molecular formula is C19H18F3N3O. The molecule has 0 aromatic heterocycles. The molecule has 1 fully saturated rings. The maximum Gasteiger partial charge on any atom is 0.416 e. The van der Waals surface area contributed by atoms with Gasteiger partial charge in [0.15, 0.2) is 5.75 Å². The molecule has 2 aromatic rings. The largest absolute Gasteiger partial charge is 0.454 e. The molecule has 26 heavy (non-hydrogen) atoms. The quantitative estimate of drug-likeness (QED) is 0.765. The molecule has 0 unspecified atom stereocenters. The van der Waals surface area contributed by atoms with Gasteiger partial charge >= 0.3 is 6.18 Å². The van der Waals surface area contributed by atoms with Gasteiger partial charge in [-0.05, 0) is 43.3 Å². The molecule has 2 aliphatic rings. The van der Waals surface area contributed by atoms with Crippen molar-refractivity contribution in [3.63, 3.8) is 0 Å². The Balaban J connectivity index is 1.83. The monoisotopic (exact) mass is 361 g/mol. The first-order chi connectivity index (χ1) is 12.5. The summed E-state index contributed by atoms with van der Waals surface area (Å²) in [6.07, 6.45) is -3.45. The second kappa shape index (κ2) is 6.64. The summed E-state index contributed by atoms with van der Waals surface area (Å²) in [6.45, 7) is 3.38. The summed E-state index contributed by atoms with van der Waals surface area (Å²) in [5, 5.41) is 3.35. The van der Waals surface area contributed by atoms with Crippen molar-refractivity contribution >= 4 is 11.5 Å². The van der Waals surface area contributed by atoms with E-state index in [0.29, 0.717) is 11.4 Å². The lowest BCUT2D eigenvalue weighted by atomic mass is 10.1. The topological polar surface area (TPSA) is 36.9 Å². The Morgan fingerprint density at radius 2 is 1.85 bits per heavy atom. The number of ether oxygens (including phenoxy) is 1. The van der Waals surface area contributed by atoms with Crippen LogP contribution in [0.25, 0.3) is 0 Å². The van der Waals surface area contributed by atoms with Crippen LogP contribution in [0.15, 0.2) is 47.5 Å². The van der Waals surface area contributed by atoms with Crippen LogP contribution in [-0.2, 0) is 6.18 Å². The highest BCUT2D eigenvalue weighted by Gasteiger charge is 2.32. The molecule has 1 N–H and O–H groups in total. The average Bonchev–Trinajstić information content (AvgIpc) is 2.97. The molecule has 4 nitrogen and oxygen atoms in total. The Morgan fingerprint density at radius 3 is 2.69 bits per heavy atom. The summed E-state index contributed by atoms with van der Waals surface area (Å²) in [5.41, 5.74) is 0.451. The molecular weight excluding hydrogens is 343 g/mol. The third-order valence-corrected chi connectivity index (χ3v) is 4.50. The van der Waals surface area contributed by atoms with Gasteiger partial charge in [-0.25, -0.2) is 4.99 Å². The van der Waals surface area contributed by atoms with Gasteiger partial charge in [0.05, 0.1) is 11.1 Å². The Hall–Kier alpha value is -2.54. The van der Waals surface area contributed by atoms with Gasteiger partial charge in [0.2, 0.25) is 0 Å². The normalized spacial score (nSPS) is 17.3. The molecule has 7 heteroatoms. The minimum Gasteiger partial charge on any atom is -0.454 e. The summed E-state index contributed by atoms with van der Waals surface area (Å²) in [7, 11) is 0. The summed E-state index contributed by atoms with van der Waals surface area (Å²) < 4.78 is 45.0. The molecule has 2 aromatic carbocycles. The first-order valence-corrected chi connectivity index (χ1v) is 8.55. The summed E-state index contributed by atoms with van der Waals surface area (Å²) in [5.74, 6) is 1.37. The molecule has 0 bridgehead atoms. The molecule has 0 aliphatic carbocycles. The van der Waals surface area contributed by atoms with E-state index in [1.165, 1.54) is 6.07 Å². The van der Waals surface area contributed by atoms with E-state index in [9.17, 15) is 13.2 Å². The number of hydrogen-bond donors (Lipinski definition) is 1. The third kappa shape index (κ3) is 3.26. The van der Waals surface area contributed by atoms with Gasteiger partial charge in [-0.15, -0.1) is 0 Å². The van der Waals surface area contributed by atoms with Crippen LogP contribution in [-0.4, -0.2) is 36.9 Å². The van der Waals surface area contributed by atoms with Gasteiger partial charge in [-0.3, -0.25) is 0 Å². The van der Waals surface area contributed by atoms with Crippen LogP contribution in [0.1, 0.15) is 17.5 Å². The standard InChI is InChI=1S/C19H18F3N3O/c20-19(21,22)13-6-7-15-17(12-13)26-16-5-2-1-4-14(16)18(24-15)25-10-3-8-23-9-11-25/h1-2,4-7,12,23H,3,8-11H2. The fourth-order valence-corrected chi connectivity index (χ4v) is 3.20. The average molecular weight is 361 g/mol. The number of rotatable bonds is 0. The van der Waals surface area contributed by atoms with Crippen LogP contribution in [0.3, 0.4) is 0 Å². The third-order valence-electron chi connectivity index (χ3n) is 4.50. The molecule has 2 aliphatic heterocycles. The van der Waals surface area contributed by atoms with E-state index >= 15 is 0 Å². The molecule has 0 radical (unpaired) electrons. The number of fused-ring (bicyclic) bond motifs is 2. The molecule has 0 amide bonds. The van der Waals surface area contributed by atoms with Crippen molar-refractivity contribution in [1.82, 2.24) is 10.2 Å². The van der Waals surface area contributed by atoms with E-state index in [1.807, 2.05) is 12.1 Å². The minimum absolute atomic E-state index is 0.121. The second-order valence-electron chi connectivity index (χ2n) is 6.30. The Kier molecular flexibility index (Phi) is 4.32. The predicted octanol–water partition coefficient (Wildman–Crippen LogP) is 4.18. The van der Waals surface area contributed by atoms with Crippen molar-refractivity contribution in [3.8, 4) is 11.5 Å². The first kappa shape index (κ1) is 16.9. The Labute approximate surface area is 149 Å². The maximum atomic E-state index is 13.1. The Bertz CT molecular complexity index is 840. The number of benzene rings is 2. The lowest BCUT2D eigenvalue weighted by molar-refractivity contribution is -0.137. The number of nitrogens with one attached hydrogen (secondary N) is 1. The van der Waals surface area contributed by atoms with Crippen molar-refractivity contribution in [1.29, 1.82) is 0 Å². The maximum absolute atomic E-state index is 13.1. The van der Waals surface area contributed by atoms with Crippen molar-refractivity contribution in [3.05, 3.63) is 53.6 Å². The summed E-state index contributed by atoms with van der Waals surface area (Å²) >= 11 is 0. The number of nitrogens with zero attached hydrogens (tertiary/aromatic N) is 2. The van der Waals surface area contributed by atoms with Gasteiger partial charge in [0.1, 0.15) is 17.3 Å². The van der Waals surface area contributed by atoms with Crippen molar-refractivity contribution < 1.29 is 17.9 Å². The summed E-state index contributed by atoms with van der Waals surface area (Å²) in [6, 6.07) is 10.8. The SMILES string of the molecule is FC(F)(F)c1ccc2c(c1)Oc1ccccc1C(N1CCCNCC1)=N2. The number of aliphatic imine (C=N–C) groups is 1. The van der Waals surface area contributed by atoms with Gasteiger partial charge in [-0.1, -0.05) is 12.1 Å². The highest BCUT2D eigenvalue weighted by atomic mass is 19.4. The fourth-order valence-electron chi connectivity index (χ4n) is 3.20. The highest BCUT2D eigenvalue weighted by molar-refractivity contribution is 6.03. The van der Waals surface area contributed by atoms with Gasteiger partial charge in [-0.2, -0.15) is 13.2 Å². The zero-order valence-electron chi connectivity index (χ0n) is 14.0. The lowest BCUT2D eigenvalue weighted by Gasteiger charge is -2.24. The van der Waals surface area contributed by atoms with Crippen LogP contribution >= 0.6 is 0 Å². The van der Waals surface area contributed by atoms with Gasteiger partial charge < -0.3 is 15.0 Å². The van der Waals surface area contributed by atoms with Crippen molar-refractivity contribution in [2.45, 2.75) is 12.6 Å².